The molecular weight excluding hydrogens is 260 g/mol. The third-order valence-corrected chi connectivity index (χ3v) is 5.02. The zero-order valence-electron chi connectivity index (χ0n) is 14.2. The number of ketones is 1. The maximum atomic E-state index is 12.1. The van der Waals surface area contributed by atoms with Gasteiger partial charge in [-0.25, -0.2) is 0 Å². The first kappa shape index (κ1) is 16.1. The van der Waals surface area contributed by atoms with Crippen molar-refractivity contribution < 1.29 is 9.53 Å². The molecule has 1 unspecified atom stereocenters. The third kappa shape index (κ3) is 2.73. The number of ether oxygens (including phenoxy) is 1. The maximum absolute atomic E-state index is 12.1. The summed E-state index contributed by atoms with van der Waals surface area (Å²) < 4.78 is 6.34. The van der Waals surface area contributed by atoms with E-state index in [0.717, 1.165) is 18.6 Å². The van der Waals surface area contributed by atoms with Gasteiger partial charge in [-0.2, -0.15) is 0 Å². The summed E-state index contributed by atoms with van der Waals surface area (Å²) in [7, 11) is 0. The van der Waals surface area contributed by atoms with Gasteiger partial charge in [0.15, 0.2) is 0 Å². The molecule has 0 aliphatic heterocycles. The van der Waals surface area contributed by atoms with Gasteiger partial charge in [-0.3, -0.25) is 4.79 Å². The van der Waals surface area contributed by atoms with E-state index in [1.165, 1.54) is 11.1 Å². The van der Waals surface area contributed by atoms with Gasteiger partial charge >= 0.3 is 0 Å². The SMILES string of the molecule is CCC1(CC)C(=O)CC1Oc1cc(C)ccc1C(C)(C)C. The second-order valence-corrected chi connectivity index (χ2v) is 7.35. The molecular formula is C19H28O2. The molecule has 0 heterocycles. The summed E-state index contributed by atoms with van der Waals surface area (Å²) in [6.07, 6.45) is 2.31. The Labute approximate surface area is 128 Å². The first-order valence-electron chi connectivity index (χ1n) is 8.05. The Morgan fingerprint density at radius 1 is 1.24 bits per heavy atom. The minimum Gasteiger partial charge on any atom is -0.489 e. The number of carbonyl (C=O) groups is 1. The lowest BCUT2D eigenvalue weighted by Gasteiger charge is -2.47. The molecule has 0 saturated heterocycles. The van der Waals surface area contributed by atoms with E-state index < -0.39 is 0 Å². The van der Waals surface area contributed by atoms with Crippen LogP contribution in [0.15, 0.2) is 18.2 Å². The monoisotopic (exact) mass is 288 g/mol. The van der Waals surface area contributed by atoms with E-state index in [1.807, 2.05) is 0 Å². The fourth-order valence-electron chi connectivity index (χ4n) is 3.37. The first-order valence-corrected chi connectivity index (χ1v) is 8.05. The van der Waals surface area contributed by atoms with Crippen molar-refractivity contribution >= 4 is 5.78 Å². The van der Waals surface area contributed by atoms with Crippen LogP contribution in [-0.4, -0.2) is 11.9 Å². The van der Waals surface area contributed by atoms with E-state index in [2.05, 4.69) is 59.7 Å². The van der Waals surface area contributed by atoms with Crippen LogP contribution in [0.4, 0.5) is 0 Å². The molecule has 1 atom stereocenters. The van der Waals surface area contributed by atoms with Crippen molar-refractivity contribution in [2.45, 2.75) is 72.3 Å². The number of hydrogen-bond acceptors (Lipinski definition) is 2. The lowest BCUT2D eigenvalue weighted by Crippen LogP contribution is -2.56. The Morgan fingerprint density at radius 3 is 2.33 bits per heavy atom. The molecule has 116 valence electrons. The highest BCUT2D eigenvalue weighted by molar-refractivity contribution is 5.92. The van der Waals surface area contributed by atoms with Gasteiger partial charge in [-0.15, -0.1) is 0 Å². The van der Waals surface area contributed by atoms with Crippen molar-refractivity contribution in [3.8, 4) is 5.75 Å². The quantitative estimate of drug-likeness (QED) is 0.794. The van der Waals surface area contributed by atoms with Crippen LogP contribution >= 0.6 is 0 Å². The van der Waals surface area contributed by atoms with E-state index in [-0.39, 0.29) is 16.9 Å². The van der Waals surface area contributed by atoms with Gasteiger partial charge in [0.2, 0.25) is 0 Å². The molecule has 1 aromatic rings. The van der Waals surface area contributed by atoms with Gasteiger partial charge < -0.3 is 4.74 Å². The Balaban J connectivity index is 2.32. The second-order valence-electron chi connectivity index (χ2n) is 7.35. The maximum Gasteiger partial charge on any atom is 0.146 e. The third-order valence-electron chi connectivity index (χ3n) is 5.02. The molecule has 2 heteroatoms. The predicted molar refractivity (Wildman–Crippen MR) is 86.9 cm³/mol. The molecule has 2 nitrogen and oxygen atoms in total. The molecule has 0 bridgehead atoms. The van der Waals surface area contributed by atoms with Gasteiger partial charge in [0.05, 0.1) is 5.41 Å². The van der Waals surface area contributed by atoms with E-state index in [9.17, 15) is 4.79 Å². The van der Waals surface area contributed by atoms with Crippen LogP contribution in [0, 0.1) is 12.3 Å². The molecule has 0 spiro atoms. The molecule has 21 heavy (non-hydrogen) atoms. The van der Waals surface area contributed by atoms with Crippen molar-refractivity contribution in [2.75, 3.05) is 0 Å². The Morgan fingerprint density at radius 2 is 1.86 bits per heavy atom. The van der Waals surface area contributed by atoms with Crippen molar-refractivity contribution in [1.82, 2.24) is 0 Å². The van der Waals surface area contributed by atoms with Crippen LogP contribution in [0.2, 0.25) is 0 Å². The summed E-state index contributed by atoms with van der Waals surface area (Å²) in [5.74, 6) is 1.31. The summed E-state index contributed by atoms with van der Waals surface area (Å²) in [6, 6.07) is 6.40. The molecule has 0 radical (unpaired) electrons. The largest absolute Gasteiger partial charge is 0.489 e. The van der Waals surface area contributed by atoms with Gasteiger partial charge in [0, 0.05) is 6.42 Å². The van der Waals surface area contributed by atoms with E-state index in [4.69, 9.17) is 4.74 Å². The molecule has 0 aromatic heterocycles. The van der Waals surface area contributed by atoms with Crippen molar-refractivity contribution in [2.24, 2.45) is 5.41 Å². The Bertz CT molecular complexity index is 533. The lowest BCUT2D eigenvalue weighted by atomic mass is 9.61. The molecule has 1 aromatic carbocycles. The number of benzene rings is 1. The minimum absolute atomic E-state index is 0.0305. The summed E-state index contributed by atoms with van der Waals surface area (Å²) in [6.45, 7) is 12.9. The van der Waals surface area contributed by atoms with Gasteiger partial charge in [-0.1, -0.05) is 46.8 Å². The fraction of sp³-hybridized carbons (Fsp3) is 0.632. The summed E-state index contributed by atoms with van der Waals surface area (Å²) in [4.78, 5) is 12.1. The molecule has 0 amide bonds. The molecule has 1 fully saturated rings. The topological polar surface area (TPSA) is 26.3 Å². The molecule has 1 aliphatic carbocycles. The predicted octanol–water partition coefficient (Wildman–Crippen LogP) is 4.82. The highest BCUT2D eigenvalue weighted by atomic mass is 16.5. The van der Waals surface area contributed by atoms with Crippen LogP contribution < -0.4 is 4.74 Å². The highest BCUT2D eigenvalue weighted by Gasteiger charge is 2.54. The standard InChI is InChI=1S/C19H28O2/c1-7-19(8-2)16(20)12-17(19)21-15-11-13(3)9-10-14(15)18(4,5)6/h9-11,17H,7-8,12H2,1-6H3. The van der Waals surface area contributed by atoms with Crippen molar-refractivity contribution in [3.05, 3.63) is 29.3 Å². The first-order chi connectivity index (χ1) is 9.74. The Hall–Kier alpha value is -1.31. The van der Waals surface area contributed by atoms with Gasteiger partial charge in [0.25, 0.3) is 0 Å². The van der Waals surface area contributed by atoms with Crippen molar-refractivity contribution in [1.29, 1.82) is 0 Å². The number of rotatable bonds is 4. The van der Waals surface area contributed by atoms with E-state index in [0.29, 0.717) is 12.2 Å². The highest BCUT2D eigenvalue weighted by Crippen LogP contribution is 2.46. The lowest BCUT2D eigenvalue weighted by molar-refractivity contribution is -0.153. The number of hydrogen-bond donors (Lipinski definition) is 0. The number of carbonyl (C=O) groups excluding carboxylic acids is 1. The van der Waals surface area contributed by atoms with Crippen LogP contribution in [0.1, 0.15) is 65.0 Å². The smallest absolute Gasteiger partial charge is 0.146 e. The summed E-state index contributed by atoms with van der Waals surface area (Å²) in [5.41, 5.74) is 2.19. The van der Waals surface area contributed by atoms with E-state index in [1.54, 1.807) is 0 Å². The number of Topliss-reactive ketones (excluding diaryl/α,β-unsaturated/α-hetero) is 1. The Kier molecular flexibility index (Phi) is 4.19. The van der Waals surface area contributed by atoms with Gasteiger partial charge in [-0.05, 0) is 42.4 Å². The van der Waals surface area contributed by atoms with Crippen LogP contribution in [0.25, 0.3) is 0 Å². The number of aryl methyl sites for hydroxylation is 1. The molecule has 1 saturated carbocycles. The average Bonchev–Trinajstić information content (AvgIpc) is 2.38. The van der Waals surface area contributed by atoms with Crippen molar-refractivity contribution in [3.63, 3.8) is 0 Å². The summed E-state index contributed by atoms with van der Waals surface area (Å²) >= 11 is 0. The normalized spacial score (nSPS) is 21.0. The molecule has 2 rings (SSSR count). The van der Waals surface area contributed by atoms with Crippen LogP contribution in [0.3, 0.4) is 0 Å². The summed E-state index contributed by atoms with van der Waals surface area (Å²) in [5, 5.41) is 0. The second kappa shape index (κ2) is 5.47. The van der Waals surface area contributed by atoms with Crippen LogP contribution in [0.5, 0.6) is 5.75 Å². The average molecular weight is 288 g/mol. The molecule has 1 aliphatic rings. The fourth-order valence-corrected chi connectivity index (χ4v) is 3.37. The zero-order chi connectivity index (χ0) is 15.8. The van der Waals surface area contributed by atoms with Crippen LogP contribution in [-0.2, 0) is 10.2 Å². The zero-order valence-corrected chi connectivity index (χ0v) is 14.2. The van der Waals surface area contributed by atoms with Gasteiger partial charge in [0.1, 0.15) is 17.6 Å². The molecule has 0 N–H and O–H groups in total. The minimum atomic E-state index is -0.265. The van der Waals surface area contributed by atoms with E-state index >= 15 is 0 Å².